The lowest BCUT2D eigenvalue weighted by atomic mass is 10.1. The molecule has 0 saturated carbocycles. The van der Waals surface area contributed by atoms with Crippen molar-refractivity contribution in [2.45, 2.75) is 12.8 Å². The minimum atomic E-state index is -0.653. The van der Waals surface area contributed by atoms with Gasteiger partial charge in [0.05, 0.1) is 0 Å². The zero-order valence-corrected chi connectivity index (χ0v) is 9.45. The summed E-state index contributed by atoms with van der Waals surface area (Å²) in [7, 11) is 0. The number of carbonyl (C=O) groups excluding carboxylic acids is 1. The Labute approximate surface area is 100 Å². The van der Waals surface area contributed by atoms with Gasteiger partial charge in [0.25, 0.3) is 0 Å². The van der Waals surface area contributed by atoms with E-state index in [4.69, 9.17) is 10.3 Å². The topological polar surface area (TPSA) is 62.7 Å². The monoisotopic (exact) mass is 230 g/mol. The van der Waals surface area contributed by atoms with Crippen LogP contribution >= 0.6 is 0 Å². The first-order valence-corrected chi connectivity index (χ1v) is 5.36. The zero-order valence-electron chi connectivity index (χ0n) is 9.45. The van der Waals surface area contributed by atoms with Crippen LogP contribution in [-0.4, -0.2) is 23.6 Å². The molecule has 0 saturated heterocycles. The molecule has 1 aromatic rings. The van der Waals surface area contributed by atoms with Crippen molar-refractivity contribution in [2.24, 2.45) is 0 Å². The van der Waals surface area contributed by atoms with Gasteiger partial charge >= 0.3 is 12.2 Å². The van der Waals surface area contributed by atoms with E-state index in [1.807, 2.05) is 24.3 Å². The van der Waals surface area contributed by atoms with Crippen LogP contribution in [0, 0.1) is 0 Å². The Morgan fingerprint density at radius 2 is 2.06 bits per heavy atom. The molecule has 0 aliphatic carbocycles. The summed E-state index contributed by atoms with van der Waals surface area (Å²) in [6.45, 7) is 0.194. The molecule has 0 unspecified atom stereocenters. The van der Waals surface area contributed by atoms with Gasteiger partial charge in [-0.3, -0.25) is 0 Å². The van der Waals surface area contributed by atoms with Gasteiger partial charge in [-0.15, -0.1) is 0 Å². The normalized spacial score (nSPS) is 9.88. The molecule has 0 aliphatic rings. The van der Waals surface area contributed by atoms with E-state index < -0.39 is 5.97 Å². The van der Waals surface area contributed by atoms with Gasteiger partial charge in [-0.2, -0.15) is 4.79 Å². The van der Waals surface area contributed by atoms with E-state index in [1.165, 1.54) is 5.56 Å². The summed E-state index contributed by atoms with van der Waals surface area (Å²) in [5.41, 5.74) is 9.33. The van der Waals surface area contributed by atoms with Gasteiger partial charge in [-0.25, -0.2) is 4.79 Å². The molecule has 0 spiro atoms. The molecule has 0 aromatic heterocycles. The van der Waals surface area contributed by atoms with E-state index in [-0.39, 0.29) is 6.61 Å². The highest BCUT2D eigenvalue weighted by Crippen LogP contribution is 2.02. The maximum Gasteiger partial charge on any atom is 0.413 e. The number of nitrogens with zero attached hydrogens (tertiary/aromatic N) is 2. The maximum absolute atomic E-state index is 10.7. The molecular weight excluding hydrogens is 216 g/mol. The number of aryl methyl sites for hydroxylation is 1. The van der Waals surface area contributed by atoms with E-state index in [9.17, 15) is 4.79 Å². The third-order valence-electron chi connectivity index (χ3n) is 2.09. The number of rotatable bonds is 6. The van der Waals surface area contributed by atoms with E-state index >= 15 is 0 Å². The quantitative estimate of drug-likeness (QED) is 0.247. The average molecular weight is 230 g/mol. The van der Waals surface area contributed by atoms with Crippen LogP contribution in [-0.2, 0) is 16.0 Å². The van der Waals surface area contributed by atoms with E-state index in [0.29, 0.717) is 0 Å². The SMILES string of the molecule is [N-]=[N+]=CC(=O)OC/C=C/CCc1ccccc1. The van der Waals surface area contributed by atoms with Crippen LogP contribution in [0.25, 0.3) is 5.53 Å². The van der Waals surface area contributed by atoms with E-state index in [2.05, 4.69) is 16.9 Å². The molecule has 1 rings (SSSR count). The fraction of sp³-hybridized carbons (Fsp3) is 0.231. The summed E-state index contributed by atoms with van der Waals surface area (Å²) in [6, 6.07) is 10.2. The molecule has 88 valence electrons. The largest absolute Gasteiger partial charge is 0.453 e. The van der Waals surface area contributed by atoms with Crippen LogP contribution < -0.4 is 0 Å². The number of esters is 1. The Balaban J connectivity index is 2.15. The molecule has 1 aromatic carbocycles. The molecule has 0 atom stereocenters. The first-order valence-electron chi connectivity index (χ1n) is 5.36. The Morgan fingerprint density at radius 3 is 2.76 bits per heavy atom. The van der Waals surface area contributed by atoms with Crippen LogP contribution in [0.15, 0.2) is 42.5 Å². The molecule has 0 N–H and O–H groups in total. The number of carbonyl (C=O) groups is 1. The van der Waals surface area contributed by atoms with Crippen molar-refractivity contribution in [3.63, 3.8) is 0 Å². The van der Waals surface area contributed by atoms with Gasteiger partial charge in [0.2, 0.25) is 0 Å². The van der Waals surface area contributed by atoms with Gasteiger partial charge < -0.3 is 10.3 Å². The van der Waals surface area contributed by atoms with Crippen molar-refractivity contribution in [1.29, 1.82) is 0 Å². The van der Waals surface area contributed by atoms with Gasteiger partial charge in [-0.05, 0) is 18.4 Å². The van der Waals surface area contributed by atoms with E-state index in [0.717, 1.165) is 19.1 Å². The van der Waals surface area contributed by atoms with Crippen molar-refractivity contribution in [3.05, 3.63) is 53.6 Å². The molecule has 4 nitrogen and oxygen atoms in total. The van der Waals surface area contributed by atoms with Crippen molar-refractivity contribution >= 4 is 12.2 Å². The highest BCUT2D eigenvalue weighted by atomic mass is 16.5. The minimum Gasteiger partial charge on any atom is -0.453 e. The number of hydrogen-bond donors (Lipinski definition) is 0. The Kier molecular flexibility index (Phi) is 6.07. The molecule has 17 heavy (non-hydrogen) atoms. The summed E-state index contributed by atoms with van der Waals surface area (Å²) < 4.78 is 4.70. The Morgan fingerprint density at radius 1 is 1.29 bits per heavy atom. The van der Waals surface area contributed by atoms with Crippen molar-refractivity contribution in [2.75, 3.05) is 6.61 Å². The fourth-order valence-electron chi connectivity index (χ4n) is 1.30. The summed E-state index contributed by atoms with van der Waals surface area (Å²) in [5.74, 6) is -0.653. The lowest BCUT2D eigenvalue weighted by molar-refractivity contribution is -0.137. The zero-order chi connectivity index (χ0) is 12.3. The van der Waals surface area contributed by atoms with Gasteiger partial charge in [0.1, 0.15) is 6.61 Å². The number of allylic oxidation sites excluding steroid dienone is 1. The number of benzene rings is 1. The second-order valence-electron chi connectivity index (χ2n) is 3.37. The predicted octanol–water partition coefficient (Wildman–Crippen LogP) is 2.02. The average Bonchev–Trinajstić information content (AvgIpc) is 2.35. The highest BCUT2D eigenvalue weighted by Gasteiger charge is 1.99. The molecule has 0 fully saturated rings. The Hall–Kier alpha value is -2.19. The van der Waals surface area contributed by atoms with Crippen LogP contribution in [0.2, 0.25) is 0 Å². The number of hydrogen-bond acceptors (Lipinski definition) is 2. The third-order valence-corrected chi connectivity index (χ3v) is 2.09. The molecule has 0 aliphatic heterocycles. The van der Waals surface area contributed by atoms with Crippen LogP contribution in [0.4, 0.5) is 0 Å². The highest BCUT2D eigenvalue weighted by molar-refractivity contribution is 6.20. The van der Waals surface area contributed by atoms with Crippen LogP contribution in [0.5, 0.6) is 0 Å². The summed E-state index contributed by atoms with van der Waals surface area (Å²) in [6.07, 6.45) is 6.30. The fourth-order valence-corrected chi connectivity index (χ4v) is 1.30. The first-order chi connectivity index (χ1) is 8.33. The molecule has 0 heterocycles. The second kappa shape index (κ2) is 8.02. The minimum absolute atomic E-state index is 0.194. The third kappa shape index (κ3) is 6.07. The van der Waals surface area contributed by atoms with Gasteiger partial charge in [0, 0.05) is 0 Å². The lowest BCUT2D eigenvalue weighted by Gasteiger charge is -1.96. The maximum atomic E-state index is 10.7. The standard InChI is InChI=1S/C13H14N2O2/c14-15-11-13(16)17-10-6-2-5-9-12-7-3-1-4-8-12/h1-4,6-8,11H,5,9-10H2/b6-2+. The van der Waals surface area contributed by atoms with Crippen molar-refractivity contribution in [3.8, 4) is 0 Å². The molecule has 4 heteroatoms. The van der Waals surface area contributed by atoms with Crippen LogP contribution in [0.3, 0.4) is 0 Å². The number of ether oxygens (including phenoxy) is 1. The van der Waals surface area contributed by atoms with Gasteiger partial charge in [0.15, 0.2) is 0 Å². The molecular formula is C13H14N2O2. The van der Waals surface area contributed by atoms with Crippen molar-refractivity contribution < 1.29 is 14.3 Å². The van der Waals surface area contributed by atoms with E-state index in [1.54, 1.807) is 6.08 Å². The summed E-state index contributed by atoms with van der Waals surface area (Å²) in [4.78, 5) is 13.3. The second-order valence-corrected chi connectivity index (χ2v) is 3.37. The first kappa shape index (κ1) is 12.9. The van der Waals surface area contributed by atoms with Crippen molar-refractivity contribution in [1.82, 2.24) is 0 Å². The Bertz CT molecular complexity index is 420. The molecule has 0 amide bonds. The predicted molar refractivity (Wildman–Crippen MR) is 64.5 cm³/mol. The molecule has 0 bridgehead atoms. The van der Waals surface area contributed by atoms with Gasteiger partial charge in [-0.1, -0.05) is 42.5 Å². The smallest absolute Gasteiger partial charge is 0.413 e. The lowest BCUT2D eigenvalue weighted by Crippen LogP contribution is -2.05. The molecule has 0 radical (unpaired) electrons. The summed E-state index contributed by atoms with van der Waals surface area (Å²) in [5, 5.41) is 0. The van der Waals surface area contributed by atoms with Crippen LogP contribution in [0.1, 0.15) is 12.0 Å². The summed E-state index contributed by atoms with van der Waals surface area (Å²) >= 11 is 0.